The molecule has 0 aliphatic heterocycles. The average molecular weight is 291 g/mol. The molecular weight excluding hydrogens is 270 g/mol. The number of rotatable bonds is 4. The summed E-state index contributed by atoms with van der Waals surface area (Å²) in [6.45, 7) is 2.02. The molecule has 1 fully saturated rings. The van der Waals surface area contributed by atoms with Gasteiger partial charge in [0.1, 0.15) is 0 Å². The first-order chi connectivity index (χ1) is 10.1. The minimum absolute atomic E-state index is 0.270. The Hall–Kier alpha value is -2.04. The number of carboxylic acid groups (broad SMARTS) is 1. The first-order valence-corrected chi connectivity index (χ1v) is 7.39. The van der Waals surface area contributed by atoms with Gasteiger partial charge in [-0.15, -0.1) is 0 Å². The van der Waals surface area contributed by atoms with E-state index in [2.05, 4.69) is 0 Å². The lowest BCUT2D eigenvalue weighted by Gasteiger charge is -2.37. The Morgan fingerprint density at radius 1 is 1.24 bits per heavy atom. The van der Waals surface area contributed by atoms with Crippen LogP contribution in [0.3, 0.4) is 0 Å². The van der Waals surface area contributed by atoms with Crippen molar-refractivity contribution in [3.8, 4) is 0 Å². The number of nitrogens with zero attached hydrogens (tertiary/aromatic N) is 1. The number of carbonyl (C=O) groups is 2. The van der Waals surface area contributed by atoms with Crippen molar-refractivity contribution in [1.82, 2.24) is 0 Å². The maximum Gasteiger partial charge on any atom is 0.414 e. The fourth-order valence-electron chi connectivity index (χ4n) is 2.92. The number of hydrogen-bond acceptors (Lipinski definition) is 3. The molecule has 0 spiro atoms. The summed E-state index contributed by atoms with van der Waals surface area (Å²) in [5.74, 6) is -1.38. The number of anilines is 1. The molecule has 0 aromatic heterocycles. The highest BCUT2D eigenvalue weighted by Crippen LogP contribution is 2.32. The van der Waals surface area contributed by atoms with E-state index in [1.165, 1.54) is 4.90 Å². The Kier molecular flexibility index (Phi) is 5.20. The Morgan fingerprint density at radius 2 is 1.90 bits per heavy atom. The van der Waals surface area contributed by atoms with Crippen LogP contribution in [0.1, 0.15) is 32.6 Å². The molecule has 1 N–H and O–H groups in total. The van der Waals surface area contributed by atoms with Gasteiger partial charge in [-0.25, -0.2) is 4.79 Å². The van der Waals surface area contributed by atoms with Crippen LogP contribution in [0.5, 0.6) is 0 Å². The number of carboxylic acids is 1. The molecule has 5 nitrogen and oxygen atoms in total. The number of amides is 1. The highest BCUT2D eigenvalue weighted by Gasteiger charge is 2.38. The van der Waals surface area contributed by atoms with Crippen molar-refractivity contribution in [2.75, 3.05) is 11.5 Å². The molecule has 0 bridgehead atoms. The van der Waals surface area contributed by atoms with E-state index >= 15 is 0 Å². The van der Waals surface area contributed by atoms with Crippen LogP contribution in [0.15, 0.2) is 30.3 Å². The maximum absolute atomic E-state index is 12.3. The minimum atomic E-state index is -0.843. The zero-order valence-electron chi connectivity index (χ0n) is 12.2. The van der Waals surface area contributed by atoms with E-state index in [9.17, 15) is 14.7 Å². The first-order valence-electron chi connectivity index (χ1n) is 7.39. The number of para-hydroxylation sites is 1. The summed E-state index contributed by atoms with van der Waals surface area (Å²) in [4.78, 5) is 25.3. The number of benzene rings is 1. The van der Waals surface area contributed by atoms with Gasteiger partial charge < -0.3 is 9.84 Å². The molecule has 5 heteroatoms. The molecule has 21 heavy (non-hydrogen) atoms. The SMILES string of the molecule is CCOC(=O)N(c1ccccc1)C1CCCCC1C(=O)O. The van der Waals surface area contributed by atoms with E-state index in [0.29, 0.717) is 18.5 Å². The quantitative estimate of drug-likeness (QED) is 0.924. The summed E-state index contributed by atoms with van der Waals surface area (Å²) in [7, 11) is 0. The Labute approximate surface area is 124 Å². The van der Waals surface area contributed by atoms with E-state index in [-0.39, 0.29) is 12.6 Å². The van der Waals surface area contributed by atoms with Crippen LogP contribution in [0.25, 0.3) is 0 Å². The molecule has 0 saturated heterocycles. The molecule has 0 radical (unpaired) electrons. The monoisotopic (exact) mass is 291 g/mol. The molecule has 1 aromatic rings. The maximum atomic E-state index is 12.3. The van der Waals surface area contributed by atoms with Crippen molar-refractivity contribution in [1.29, 1.82) is 0 Å². The van der Waals surface area contributed by atoms with Crippen molar-refractivity contribution in [2.45, 2.75) is 38.6 Å². The molecule has 0 heterocycles. The standard InChI is InChI=1S/C16H21NO4/c1-2-21-16(20)17(12-8-4-3-5-9-12)14-11-7-6-10-13(14)15(18)19/h3-5,8-9,13-14H,2,6-7,10-11H2,1H3,(H,18,19). The van der Waals surface area contributed by atoms with E-state index < -0.39 is 18.0 Å². The first kappa shape index (κ1) is 15.4. The predicted molar refractivity (Wildman–Crippen MR) is 79.3 cm³/mol. The van der Waals surface area contributed by atoms with Gasteiger partial charge in [-0.05, 0) is 31.9 Å². The van der Waals surface area contributed by atoms with Crippen molar-refractivity contribution in [2.24, 2.45) is 5.92 Å². The normalized spacial score (nSPS) is 21.6. The topological polar surface area (TPSA) is 66.8 Å². The summed E-state index contributed by atoms with van der Waals surface area (Å²) in [5, 5.41) is 9.44. The van der Waals surface area contributed by atoms with Gasteiger partial charge in [0.15, 0.2) is 0 Å². The third-order valence-electron chi connectivity index (χ3n) is 3.88. The van der Waals surface area contributed by atoms with Crippen molar-refractivity contribution in [3.05, 3.63) is 30.3 Å². The van der Waals surface area contributed by atoms with Gasteiger partial charge in [0.25, 0.3) is 0 Å². The summed E-state index contributed by atoms with van der Waals surface area (Å²) >= 11 is 0. The lowest BCUT2D eigenvalue weighted by Crippen LogP contribution is -2.49. The van der Waals surface area contributed by atoms with Crippen LogP contribution < -0.4 is 4.90 Å². The summed E-state index contributed by atoms with van der Waals surface area (Å²) < 4.78 is 5.13. The third-order valence-corrected chi connectivity index (χ3v) is 3.88. The largest absolute Gasteiger partial charge is 0.481 e. The zero-order valence-corrected chi connectivity index (χ0v) is 12.2. The highest BCUT2D eigenvalue weighted by molar-refractivity contribution is 5.89. The van der Waals surface area contributed by atoms with Gasteiger partial charge in [0.2, 0.25) is 0 Å². The van der Waals surface area contributed by atoms with Gasteiger partial charge in [-0.1, -0.05) is 31.0 Å². The Bertz CT molecular complexity index is 488. The highest BCUT2D eigenvalue weighted by atomic mass is 16.6. The molecule has 114 valence electrons. The van der Waals surface area contributed by atoms with Crippen LogP contribution in [0.2, 0.25) is 0 Å². The fraction of sp³-hybridized carbons (Fsp3) is 0.500. The smallest absolute Gasteiger partial charge is 0.414 e. The van der Waals surface area contributed by atoms with Gasteiger partial charge >= 0.3 is 12.1 Å². The summed E-state index contributed by atoms with van der Waals surface area (Å²) in [6, 6.07) is 8.80. The second-order valence-corrected chi connectivity index (χ2v) is 5.20. The molecule has 2 unspecified atom stereocenters. The van der Waals surface area contributed by atoms with Crippen molar-refractivity contribution < 1.29 is 19.4 Å². The molecule has 1 amide bonds. The average Bonchev–Trinajstić information content (AvgIpc) is 2.49. The van der Waals surface area contributed by atoms with Crippen LogP contribution in [0, 0.1) is 5.92 Å². The lowest BCUT2D eigenvalue weighted by molar-refractivity contribution is -0.143. The predicted octanol–water partition coefficient (Wildman–Crippen LogP) is 3.29. The fourth-order valence-corrected chi connectivity index (χ4v) is 2.92. The van der Waals surface area contributed by atoms with Crippen molar-refractivity contribution in [3.63, 3.8) is 0 Å². The zero-order chi connectivity index (χ0) is 15.2. The van der Waals surface area contributed by atoms with E-state index in [1.807, 2.05) is 30.3 Å². The minimum Gasteiger partial charge on any atom is -0.481 e. The summed E-state index contributed by atoms with van der Waals surface area (Å²) in [6.07, 6.45) is 2.63. The van der Waals surface area contributed by atoms with E-state index in [1.54, 1.807) is 6.92 Å². The summed E-state index contributed by atoms with van der Waals surface area (Å²) in [5.41, 5.74) is 0.689. The van der Waals surface area contributed by atoms with Crippen LogP contribution in [0.4, 0.5) is 10.5 Å². The molecule has 1 aliphatic carbocycles. The number of hydrogen-bond donors (Lipinski definition) is 1. The Balaban J connectivity index is 2.33. The lowest BCUT2D eigenvalue weighted by atomic mass is 9.83. The van der Waals surface area contributed by atoms with Crippen LogP contribution >= 0.6 is 0 Å². The third kappa shape index (κ3) is 3.54. The van der Waals surface area contributed by atoms with Gasteiger partial charge in [-0.2, -0.15) is 0 Å². The Morgan fingerprint density at radius 3 is 2.52 bits per heavy atom. The van der Waals surface area contributed by atoms with Gasteiger partial charge in [0, 0.05) is 5.69 Å². The molecule has 1 aliphatic rings. The van der Waals surface area contributed by atoms with Gasteiger partial charge in [-0.3, -0.25) is 9.69 Å². The number of aliphatic carboxylic acids is 1. The van der Waals surface area contributed by atoms with E-state index in [0.717, 1.165) is 12.8 Å². The second kappa shape index (κ2) is 7.11. The second-order valence-electron chi connectivity index (χ2n) is 5.20. The molecule has 1 aromatic carbocycles. The van der Waals surface area contributed by atoms with Crippen LogP contribution in [-0.4, -0.2) is 29.8 Å². The van der Waals surface area contributed by atoms with Gasteiger partial charge in [0.05, 0.1) is 18.6 Å². The molecule has 1 saturated carbocycles. The number of ether oxygens (including phenoxy) is 1. The molecular formula is C16H21NO4. The van der Waals surface area contributed by atoms with Crippen LogP contribution in [-0.2, 0) is 9.53 Å². The van der Waals surface area contributed by atoms with Crippen molar-refractivity contribution >= 4 is 17.7 Å². The molecule has 2 atom stereocenters. The number of carbonyl (C=O) groups excluding carboxylic acids is 1. The van der Waals surface area contributed by atoms with E-state index in [4.69, 9.17) is 4.74 Å². The molecule has 2 rings (SSSR count).